The maximum absolute atomic E-state index is 12.3. The highest BCUT2D eigenvalue weighted by Crippen LogP contribution is 2.21. The predicted molar refractivity (Wildman–Crippen MR) is 53.7 cm³/mol. The molecule has 0 bridgehead atoms. The van der Waals surface area contributed by atoms with Crippen LogP contribution in [0.25, 0.3) is 11.4 Å². The van der Waals surface area contributed by atoms with E-state index in [0.29, 0.717) is 17.1 Å². The van der Waals surface area contributed by atoms with Crippen LogP contribution in [0, 0.1) is 6.92 Å². The Bertz CT molecular complexity index is 508. The molecular formula is C9H9F2N5. The molecule has 0 saturated heterocycles. The molecule has 5 nitrogen and oxygen atoms in total. The number of rotatable bonds is 2. The Morgan fingerprint density at radius 3 is 2.62 bits per heavy atom. The third kappa shape index (κ3) is 1.83. The Morgan fingerprint density at radius 2 is 2.06 bits per heavy atom. The number of hydrogen-bond acceptors (Lipinski definition) is 4. The van der Waals surface area contributed by atoms with Crippen LogP contribution < -0.4 is 5.73 Å². The first kappa shape index (κ1) is 10.5. The maximum Gasteiger partial charge on any atom is 0.296 e. The quantitative estimate of drug-likeness (QED) is 0.815. The van der Waals surface area contributed by atoms with Crippen LogP contribution in [0.5, 0.6) is 0 Å². The lowest BCUT2D eigenvalue weighted by Crippen LogP contribution is -1.95. The molecule has 84 valence electrons. The van der Waals surface area contributed by atoms with Gasteiger partial charge in [-0.05, 0) is 19.1 Å². The van der Waals surface area contributed by atoms with Crippen molar-refractivity contribution < 1.29 is 8.78 Å². The largest absolute Gasteiger partial charge is 0.384 e. The summed E-state index contributed by atoms with van der Waals surface area (Å²) in [4.78, 5) is 7.67. The van der Waals surface area contributed by atoms with Crippen LogP contribution in [0.3, 0.4) is 0 Å². The fourth-order valence-electron chi connectivity index (χ4n) is 1.31. The molecule has 0 aromatic carbocycles. The fraction of sp³-hybridized carbons (Fsp3) is 0.222. The molecule has 2 aromatic rings. The minimum Gasteiger partial charge on any atom is -0.384 e. The van der Waals surface area contributed by atoms with Gasteiger partial charge >= 0.3 is 0 Å². The smallest absolute Gasteiger partial charge is 0.296 e. The number of nitrogen functional groups attached to an aromatic ring is 1. The molecule has 3 N–H and O–H groups in total. The molecule has 0 unspecified atom stereocenters. The summed E-state index contributed by atoms with van der Waals surface area (Å²) >= 11 is 0. The van der Waals surface area contributed by atoms with E-state index in [0.717, 1.165) is 0 Å². The summed E-state index contributed by atoms with van der Waals surface area (Å²) in [6, 6.07) is 3.22. The number of aromatic amines is 1. The molecule has 0 fully saturated rings. The summed E-state index contributed by atoms with van der Waals surface area (Å²) in [5.41, 5.74) is 6.66. The molecule has 0 saturated carbocycles. The van der Waals surface area contributed by atoms with E-state index in [-0.39, 0.29) is 5.82 Å². The molecular weight excluding hydrogens is 216 g/mol. The standard InChI is InChI=1S/C9H9F2N5/c1-4-5(2-3-6(12)13-4)8-14-9(7(10)11)16-15-8/h2-3,7H,1H3,(H2,12,13)(H,14,15,16). The van der Waals surface area contributed by atoms with Crippen molar-refractivity contribution in [3.8, 4) is 11.4 Å². The normalized spacial score (nSPS) is 11.0. The molecule has 0 spiro atoms. The Balaban J connectivity index is 2.42. The Labute approximate surface area is 89.7 Å². The minimum absolute atomic E-state index is 0.195. The fourth-order valence-corrected chi connectivity index (χ4v) is 1.31. The van der Waals surface area contributed by atoms with Crippen LogP contribution in [-0.2, 0) is 0 Å². The Hall–Kier alpha value is -2.05. The molecule has 0 aliphatic rings. The molecule has 0 aliphatic heterocycles. The summed E-state index contributed by atoms with van der Waals surface area (Å²) in [7, 11) is 0. The number of halogens is 2. The number of H-pyrrole nitrogens is 1. The summed E-state index contributed by atoms with van der Waals surface area (Å²) in [5, 5.41) is 5.88. The molecule has 0 atom stereocenters. The first-order valence-electron chi connectivity index (χ1n) is 4.52. The zero-order chi connectivity index (χ0) is 11.7. The number of alkyl halides is 2. The third-order valence-electron chi connectivity index (χ3n) is 2.06. The summed E-state index contributed by atoms with van der Waals surface area (Å²) < 4.78 is 24.6. The lowest BCUT2D eigenvalue weighted by Gasteiger charge is -2.00. The third-order valence-corrected chi connectivity index (χ3v) is 2.06. The van der Waals surface area contributed by atoms with E-state index in [1.165, 1.54) is 0 Å². The van der Waals surface area contributed by atoms with Crippen molar-refractivity contribution in [2.24, 2.45) is 0 Å². The van der Waals surface area contributed by atoms with E-state index in [1.54, 1.807) is 19.1 Å². The number of nitrogens with two attached hydrogens (primary N) is 1. The number of pyridine rings is 1. The lowest BCUT2D eigenvalue weighted by molar-refractivity contribution is 0.141. The van der Waals surface area contributed by atoms with Crippen LogP contribution in [-0.4, -0.2) is 20.2 Å². The number of aryl methyl sites for hydroxylation is 1. The zero-order valence-corrected chi connectivity index (χ0v) is 8.41. The molecule has 16 heavy (non-hydrogen) atoms. The minimum atomic E-state index is -2.66. The van der Waals surface area contributed by atoms with Crippen LogP contribution in [0.15, 0.2) is 12.1 Å². The van der Waals surface area contributed by atoms with E-state index in [2.05, 4.69) is 20.2 Å². The number of hydrogen-bond donors (Lipinski definition) is 2. The van der Waals surface area contributed by atoms with Crippen molar-refractivity contribution in [3.05, 3.63) is 23.7 Å². The van der Waals surface area contributed by atoms with Gasteiger partial charge in [0.05, 0.1) is 5.69 Å². The SMILES string of the molecule is Cc1nc(N)ccc1-c1n[nH]c(C(F)F)n1. The first-order chi connectivity index (χ1) is 7.58. The van der Waals surface area contributed by atoms with Gasteiger partial charge in [-0.25, -0.2) is 18.7 Å². The number of nitrogens with zero attached hydrogens (tertiary/aromatic N) is 3. The van der Waals surface area contributed by atoms with E-state index in [9.17, 15) is 8.78 Å². The van der Waals surface area contributed by atoms with Crippen molar-refractivity contribution >= 4 is 5.82 Å². The Morgan fingerprint density at radius 1 is 1.31 bits per heavy atom. The van der Waals surface area contributed by atoms with Gasteiger partial charge in [-0.2, -0.15) is 5.10 Å². The summed E-state index contributed by atoms with van der Waals surface area (Å²) in [5.74, 6) is 0.109. The summed E-state index contributed by atoms with van der Waals surface area (Å²) in [6.07, 6.45) is -2.66. The predicted octanol–water partition coefficient (Wildman–Crippen LogP) is 1.69. The molecule has 2 heterocycles. The van der Waals surface area contributed by atoms with Gasteiger partial charge in [0.25, 0.3) is 6.43 Å². The molecule has 0 amide bonds. The van der Waals surface area contributed by atoms with Gasteiger partial charge in [0.2, 0.25) is 0 Å². The van der Waals surface area contributed by atoms with Crippen molar-refractivity contribution in [1.82, 2.24) is 20.2 Å². The topological polar surface area (TPSA) is 80.5 Å². The van der Waals surface area contributed by atoms with Crippen LogP contribution in [0.4, 0.5) is 14.6 Å². The van der Waals surface area contributed by atoms with Gasteiger partial charge in [-0.1, -0.05) is 0 Å². The molecule has 2 aromatic heterocycles. The van der Waals surface area contributed by atoms with E-state index in [1.807, 2.05) is 0 Å². The molecule has 0 aliphatic carbocycles. The van der Waals surface area contributed by atoms with Crippen molar-refractivity contribution in [3.63, 3.8) is 0 Å². The van der Waals surface area contributed by atoms with Gasteiger partial charge in [-0.3, -0.25) is 5.10 Å². The first-order valence-corrected chi connectivity index (χ1v) is 4.52. The van der Waals surface area contributed by atoms with Gasteiger partial charge in [0.1, 0.15) is 5.82 Å². The molecule has 2 rings (SSSR count). The second-order valence-corrected chi connectivity index (χ2v) is 3.21. The highest BCUT2D eigenvalue weighted by molar-refractivity contribution is 5.59. The summed E-state index contributed by atoms with van der Waals surface area (Å²) in [6.45, 7) is 1.71. The molecule has 7 heteroatoms. The highest BCUT2D eigenvalue weighted by atomic mass is 19.3. The Kier molecular flexibility index (Phi) is 2.51. The van der Waals surface area contributed by atoms with E-state index >= 15 is 0 Å². The average molecular weight is 225 g/mol. The van der Waals surface area contributed by atoms with Crippen molar-refractivity contribution in [2.75, 3.05) is 5.73 Å². The highest BCUT2D eigenvalue weighted by Gasteiger charge is 2.15. The van der Waals surface area contributed by atoms with Gasteiger partial charge in [0, 0.05) is 5.56 Å². The number of nitrogens with one attached hydrogen (secondary N) is 1. The number of aromatic nitrogens is 4. The van der Waals surface area contributed by atoms with E-state index < -0.39 is 12.2 Å². The van der Waals surface area contributed by atoms with Gasteiger partial charge in [-0.15, -0.1) is 0 Å². The molecule has 0 radical (unpaired) electrons. The van der Waals surface area contributed by atoms with Crippen LogP contribution >= 0.6 is 0 Å². The average Bonchev–Trinajstić information content (AvgIpc) is 2.66. The second-order valence-electron chi connectivity index (χ2n) is 3.21. The van der Waals surface area contributed by atoms with Crippen molar-refractivity contribution in [2.45, 2.75) is 13.3 Å². The zero-order valence-electron chi connectivity index (χ0n) is 8.41. The van der Waals surface area contributed by atoms with E-state index in [4.69, 9.17) is 5.73 Å². The monoisotopic (exact) mass is 225 g/mol. The van der Waals surface area contributed by atoms with Crippen LogP contribution in [0.1, 0.15) is 17.9 Å². The van der Waals surface area contributed by atoms with Crippen molar-refractivity contribution in [1.29, 1.82) is 0 Å². The van der Waals surface area contributed by atoms with Crippen LogP contribution in [0.2, 0.25) is 0 Å². The number of anilines is 1. The van der Waals surface area contributed by atoms with Gasteiger partial charge in [0.15, 0.2) is 11.6 Å². The maximum atomic E-state index is 12.3. The second kappa shape index (κ2) is 3.84. The van der Waals surface area contributed by atoms with Gasteiger partial charge < -0.3 is 5.73 Å². The lowest BCUT2D eigenvalue weighted by atomic mass is 10.2.